The zero-order valence-corrected chi connectivity index (χ0v) is 20.8. The molecule has 0 spiro atoms. The van der Waals surface area contributed by atoms with Crippen molar-refractivity contribution in [1.82, 2.24) is 10.2 Å². The van der Waals surface area contributed by atoms with Gasteiger partial charge in [-0.3, -0.25) is 9.59 Å². The van der Waals surface area contributed by atoms with Crippen molar-refractivity contribution in [3.8, 4) is 17.2 Å². The molecule has 4 rings (SSSR count). The molecule has 0 bridgehead atoms. The second-order valence-electron chi connectivity index (χ2n) is 9.44. The molecule has 0 unspecified atom stereocenters. The van der Waals surface area contributed by atoms with Gasteiger partial charge in [0.1, 0.15) is 5.75 Å². The highest BCUT2D eigenvalue weighted by Gasteiger charge is 2.39. The van der Waals surface area contributed by atoms with E-state index in [0.717, 1.165) is 31.7 Å². The van der Waals surface area contributed by atoms with Gasteiger partial charge in [0.15, 0.2) is 11.5 Å². The van der Waals surface area contributed by atoms with Gasteiger partial charge in [0.25, 0.3) is 11.8 Å². The lowest BCUT2D eigenvalue weighted by atomic mass is 9.80. The van der Waals surface area contributed by atoms with E-state index in [2.05, 4.69) is 10.1 Å². The SMILES string of the molecule is COc1ccc(C(=O)N2CC[C@@H](NC(=O)c3ccccc3OC(F)(F)F)[C@H](C3CCCC3)C2)cc1OC. The van der Waals surface area contributed by atoms with Crippen molar-refractivity contribution in [2.45, 2.75) is 44.5 Å². The molecule has 2 fully saturated rings. The summed E-state index contributed by atoms with van der Waals surface area (Å²) < 4.78 is 53.2. The Bertz CT molecular complexity index is 1120. The molecule has 1 N–H and O–H groups in total. The number of nitrogens with one attached hydrogen (secondary N) is 1. The number of piperidine rings is 1. The van der Waals surface area contributed by atoms with E-state index in [-0.39, 0.29) is 23.4 Å². The first kappa shape index (κ1) is 26.6. The second-order valence-corrected chi connectivity index (χ2v) is 9.44. The Hall–Kier alpha value is -3.43. The molecule has 1 saturated carbocycles. The zero-order valence-electron chi connectivity index (χ0n) is 20.8. The summed E-state index contributed by atoms with van der Waals surface area (Å²) in [5, 5.41) is 2.96. The first-order chi connectivity index (χ1) is 17.7. The van der Waals surface area contributed by atoms with Gasteiger partial charge in [0.05, 0.1) is 19.8 Å². The Morgan fingerprint density at radius 1 is 0.946 bits per heavy atom. The van der Waals surface area contributed by atoms with Crippen LogP contribution in [0.25, 0.3) is 0 Å². The number of rotatable bonds is 7. The molecule has 10 heteroatoms. The van der Waals surface area contributed by atoms with Gasteiger partial charge in [-0.2, -0.15) is 0 Å². The van der Waals surface area contributed by atoms with E-state index in [1.807, 2.05) is 0 Å². The number of hydrogen-bond acceptors (Lipinski definition) is 5. The third kappa shape index (κ3) is 6.29. The van der Waals surface area contributed by atoms with Gasteiger partial charge < -0.3 is 24.4 Å². The van der Waals surface area contributed by atoms with Crippen LogP contribution in [0, 0.1) is 11.8 Å². The lowest BCUT2D eigenvalue weighted by molar-refractivity contribution is -0.274. The number of methoxy groups -OCH3 is 2. The third-order valence-corrected chi connectivity index (χ3v) is 7.25. The van der Waals surface area contributed by atoms with Crippen LogP contribution in [0.1, 0.15) is 52.8 Å². The van der Waals surface area contributed by atoms with E-state index in [0.29, 0.717) is 42.5 Å². The first-order valence-electron chi connectivity index (χ1n) is 12.4. The average molecular weight is 521 g/mol. The van der Waals surface area contributed by atoms with Crippen molar-refractivity contribution in [1.29, 1.82) is 0 Å². The number of nitrogens with zero attached hydrogens (tertiary/aromatic N) is 1. The zero-order chi connectivity index (χ0) is 26.6. The summed E-state index contributed by atoms with van der Waals surface area (Å²) in [5.74, 6) is -0.00854. The topological polar surface area (TPSA) is 77.1 Å². The molecule has 1 aliphatic carbocycles. The number of benzene rings is 2. The maximum atomic E-state index is 13.4. The van der Waals surface area contributed by atoms with Crippen molar-refractivity contribution in [3.05, 3.63) is 53.6 Å². The van der Waals surface area contributed by atoms with E-state index in [1.54, 1.807) is 23.1 Å². The summed E-state index contributed by atoms with van der Waals surface area (Å²) in [5.41, 5.74) is 0.303. The van der Waals surface area contributed by atoms with Gasteiger partial charge in [-0.05, 0) is 48.6 Å². The normalized spacial score (nSPS) is 20.4. The molecular formula is C27H31F3N2O5. The maximum absolute atomic E-state index is 13.4. The highest BCUT2D eigenvalue weighted by Crippen LogP contribution is 2.37. The Labute approximate surface area is 213 Å². The van der Waals surface area contributed by atoms with Crippen molar-refractivity contribution < 1.29 is 37.0 Å². The van der Waals surface area contributed by atoms with Crippen LogP contribution in [0.15, 0.2) is 42.5 Å². The van der Waals surface area contributed by atoms with Crippen LogP contribution in [0.4, 0.5) is 13.2 Å². The molecule has 0 radical (unpaired) electrons. The summed E-state index contributed by atoms with van der Waals surface area (Å²) in [6.07, 6.45) is -0.277. The van der Waals surface area contributed by atoms with E-state index in [4.69, 9.17) is 9.47 Å². The van der Waals surface area contributed by atoms with Crippen molar-refractivity contribution >= 4 is 11.8 Å². The fraction of sp³-hybridized carbons (Fsp3) is 0.481. The van der Waals surface area contributed by atoms with Crippen LogP contribution in [0.2, 0.25) is 0 Å². The Morgan fingerprint density at radius 2 is 1.65 bits per heavy atom. The molecule has 2 aliphatic rings. The lowest BCUT2D eigenvalue weighted by Crippen LogP contribution is -2.54. The monoisotopic (exact) mass is 520 g/mol. The molecule has 37 heavy (non-hydrogen) atoms. The van der Waals surface area contributed by atoms with Crippen LogP contribution >= 0.6 is 0 Å². The summed E-state index contributed by atoms with van der Waals surface area (Å²) in [7, 11) is 3.03. The molecular weight excluding hydrogens is 489 g/mol. The predicted octanol–water partition coefficient (Wildman–Crippen LogP) is 5.05. The minimum absolute atomic E-state index is 0.0139. The Morgan fingerprint density at radius 3 is 2.32 bits per heavy atom. The van der Waals surface area contributed by atoms with Crippen LogP contribution in [-0.4, -0.2) is 56.4 Å². The largest absolute Gasteiger partial charge is 0.573 e. The van der Waals surface area contributed by atoms with Gasteiger partial charge in [-0.15, -0.1) is 13.2 Å². The molecule has 0 aromatic heterocycles. The van der Waals surface area contributed by atoms with Crippen LogP contribution in [0.3, 0.4) is 0 Å². The maximum Gasteiger partial charge on any atom is 0.573 e. The number of carbonyl (C=O) groups excluding carboxylic acids is 2. The van der Waals surface area contributed by atoms with Crippen molar-refractivity contribution in [2.75, 3.05) is 27.3 Å². The molecule has 2 aromatic carbocycles. The third-order valence-electron chi connectivity index (χ3n) is 7.25. The number of hydrogen-bond donors (Lipinski definition) is 1. The number of carbonyl (C=O) groups is 2. The Balaban J connectivity index is 1.51. The molecule has 2 amide bonds. The number of ether oxygens (including phenoxy) is 3. The van der Waals surface area contributed by atoms with E-state index in [1.165, 1.54) is 32.4 Å². The molecule has 200 valence electrons. The molecule has 1 heterocycles. The van der Waals surface area contributed by atoms with E-state index >= 15 is 0 Å². The molecule has 7 nitrogen and oxygen atoms in total. The van der Waals surface area contributed by atoms with Gasteiger partial charge in [-0.25, -0.2) is 0 Å². The highest BCUT2D eigenvalue weighted by atomic mass is 19.4. The number of halogens is 3. The number of para-hydroxylation sites is 1. The van der Waals surface area contributed by atoms with Crippen molar-refractivity contribution in [3.63, 3.8) is 0 Å². The minimum atomic E-state index is -4.90. The molecule has 2 atom stereocenters. The molecule has 1 saturated heterocycles. The molecule has 2 aromatic rings. The predicted molar refractivity (Wildman–Crippen MR) is 130 cm³/mol. The van der Waals surface area contributed by atoms with Crippen LogP contribution in [-0.2, 0) is 0 Å². The minimum Gasteiger partial charge on any atom is -0.493 e. The summed E-state index contributed by atoms with van der Waals surface area (Å²) in [4.78, 5) is 28.2. The Kier molecular flexibility index (Phi) is 8.14. The van der Waals surface area contributed by atoms with Crippen LogP contribution in [0.5, 0.6) is 17.2 Å². The smallest absolute Gasteiger partial charge is 0.493 e. The summed E-state index contributed by atoms with van der Waals surface area (Å²) in [6, 6.07) is 10.1. The van der Waals surface area contributed by atoms with Gasteiger partial charge in [-0.1, -0.05) is 37.8 Å². The summed E-state index contributed by atoms with van der Waals surface area (Å²) >= 11 is 0. The number of amides is 2. The van der Waals surface area contributed by atoms with E-state index in [9.17, 15) is 22.8 Å². The number of alkyl halides is 3. The second kappa shape index (κ2) is 11.3. The summed E-state index contributed by atoms with van der Waals surface area (Å²) in [6.45, 7) is 0.853. The highest BCUT2D eigenvalue weighted by molar-refractivity contribution is 5.97. The fourth-order valence-corrected chi connectivity index (χ4v) is 5.47. The quantitative estimate of drug-likeness (QED) is 0.553. The van der Waals surface area contributed by atoms with Crippen molar-refractivity contribution in [2.24, 2.45) is 11.8 Å². The van der Waals surface area contributed by atoms with Gasteiger partial charge in [0.2, 0.25) is 0 Å². The standard InChI is InChI=1S/C27H31F3N2O5/c1-35-23-12-11-18(15-24(23)36-2)26(34)32-14-13-21(20(16-32)17-7-3-4-8-17)31-25(33)19-9-5-6-10-22(19)37-27(28,29)30/h5-6,9-12,15,17,20-21H,3-4,7-8,13-14,16H2,1-2H3,(H,31,33)/t20-,21+/m0/s1. The lowest BCUT2D eigenvalue weighted by Gasteiger charge is -2.42. The average Bonchev–Trinajstić information content (AvgIpc) is 3.42. The van der Waals surface area contributed by atoms with Crippen LogP contribution < -0.4 is 19.5 Å². The fourth-order valence-electron chi connectivity index (χ4n) is 5.47. The first-order valence-corrected chi connectivity index (χ1v) is 12.4. The van der Waals surface area contributed by atoms with E-state index < -0.39 is 18.0 Å². The number of likely N-dealkylation sites (tertiary alicyclic amines) is 1. The van der Waals surface area contributed by atoms with Gasteiger partial charge in [0, 0.05) is 24.7 Å². The van der Waals surface area contributed by atoms with Gasteiger partial charge >= 0.3 is 6.36 Å². The molecule has 1 aliphatic heterocycles.